The minimum Gasteiger partial charge on any atom is -0.484 e. The fraction of sp³-hybridized carbons (Fsp3) is 0.588. The van der Waals surface area contributed by atoms with Crippen molar-refractivity contribution in [3.05, 3.63) is 29.8 Å². The van der Waals surface area contributed by atoms with Crippen molar-refractivity contribution in [1.29, 1.82) is 0 Å². The van der Waals surface area contributed by atoms with Crippen LogP contribution >= 0.6 is 0 Å². The zero-order valence-electron chi connectivity index (χ0n) is 13.5. The van der Waals surface area contributed by atoms with Crippen LogP contribution in [-0.2, 0) is 14.3 Å². The molecule has 1 atom stereocenters. The summed E-state index contributed by atoms with van der Waals surface area (Å²) in [6.45, 7) is 6.39. The molecule has 0 unspecified atom stereocenters. The van der Waals surface area contributed by atoms with Gasteiger partial charge in [-0.25, -0.2) is 0 Å². The van der Waals surface area contributed by atoms with Gasteiger partial charge in [0.15, 0.2) is 6.61 Å². The number of hydrogen-bond acceptors (Lipinski definition) is 5. The van der Waals surface area contributed by atoms with Crippen LogP contribution in [0.3, 0.4) is 0 Å². The quantitative estimate of drug-likeness (QED) is 0.883. The van der Waals surface area contributed by atoms with Gasteiger partial charge in [0.25, 0.3) is 5.91 Å². The molecule has 6 nitrogen and oxygen atoms in total. The second-order valence-corrected chi connectivity index (χ2v) is 6.13. The summed E-state index contributed by atoms with van der Waals surface area (Å²) in [4.78, 5) is 14.3. The maximum atomic E-state index is 12.5. The van der Waals surface area contributed by atoms with Gasteiger partial charge in [-0.1, -0.05) is 18.2 Å². The van der Waals surface area contributed by atoms with Crippen LogP contribution in [0.25, 0.3) is 0 Å². The van der Waals surface area contributed by atoms with Gasteiger partial charge in [0, 0.05) is 19.6 Å². The van der Waals surface area contributed by atoms with Gasteiger partial charge in [0.1, 0.15) is 11.4 Å². The smallest absolute Gasteiger partial charge is 0.260 e. The molecule has 1 N–H and O–H groups in total. The highest BCUT2D eigenvalue weighted by atomic mass is 16.5. The highest BCUT2D eigenvalue weighted by Crippen LogP contribution is 2.21. The van der Waals surface area contributed by atoms with Gasteiger partial charge >= 0.3 is 0 Å². The van der Waals surface area contributed by atoms with Gasteiger partial charge < -0.3 is 24.4 Å². The minimum atomic E-state index is -0.437. The molecule has 2 heterocycles. The average molecular weight is 320 g/mol. The van der Waals surface area contributed by atoms with E-state index in [2.05, 4.69) is 5.32 Å². The fourth-order valence-corrected chi connectivity index (χ4v) is 2.97. The highest BCUT2D eigenvalue weighted by molar-refractivity contribution is 5.78. The van der Waals surface area contributed by atoms with E-state index in [1.54, 1.807) is 0 Å². The van der Waals surface area contributed by atoms with Crippen LogP contribution in [0.2, 0.25) is 0 Å². The lowest BCUT2D eigenvalue weighted by atomic mass is 10.0. The third-order valence-electron chi connectivity index (χ3n) is 4.28. The monoisotopic (exact) mass is 320 g/mol. The van der Waals surface area contributed by atoms with E-state index in [1.807, 2.05) is 36.1 Å². The number of aryl methyl sites for hydroxylation is 1. The van der Waals surface area contributed by atoms with Gasteiger partial charge in [0.05, 0.1) is 26.4 Å². The molecule has 0 saturated carbocycles. The average Bonchev–Trinajstić information content (AvgIpc) is 2.79. The first kappa shape index (κ1) is 16.2. The summed E-state index contributed by atoms with van der Waals surface area (Å²) in [6, 6.07) is 7.71. The molecule has 2 saturated heterocycles. The Bertz CT molecular complexity index is 541. The molecule has 2 fully saturated rings. The summed E-state index contributed by atoms with van der Waals surface area (Å²) in [5.41, 5.74) is 0.590. The number of benzene rings is 1. The zero-order valence-corrected chi connectivity index (χ0v) is 13.5. The third-order valence-corrected chi connectivity index (χ3v) is 4.28. The summed E-state index contributed by atoms with van der Waals surface area (Å²) in [6.07, 6.45) is 0. The number of amides is 1. The Balaban J connectivity index is 1.57. The van der Waals surface area contributed by atoms with Gasteiger partial charge in [-0.05, 0) is 18.6 Å². The number of carbonyl (C=O) groups excluding carboxylic acids is 1. The van der Waals surface area contributed by atoms with Crippen molar-refractivity contribution in [2.45, 2.75) is 12.5 Å². The van der Waals surface area contributed by atoms with Crippen molar-refractivity contribution in [2.24, 2.45) is 0 Å². The normalized spacial score (nSPS) is 25.2. The number of rotatable bonds is 3. The van der Waals surface area contributed by atoms with Crippen molar-refractivity contribution in [1.82, 2.24) is 10.2 Å². The molecule has 1 amide bonds. The van der Waals surface area contributed by atoms with E-state index in [0.717, 1.165) is 17.9 Å². The molecule has 3 rings (SSSR count). The van der Waals surface area contributed by atoms with Crippen molar-refractivity contribution in [3.8, 4) is 5.75 Å². The highest BCUT2D eigenvalue weighted by Gasteiger charge is 2.39. The lowest BCUT2D eigenvalue weighted by Crippen LogP contribution is -2.60. The maximum absolute atomic E-state index is 12.5. The minimum absolute atomic E-state index is 0.0137. The Morgan fingerprint density at radius 3 is 3.13 bits per heavy atom. The summed E-state index contributed by atoms with van der Waals surface area (Å²) >= 11 is 0. The van der Waals surface area contributed by atoms with Crippen molar-refractivity contribution in [2.75, 3.05) is 52.6 Å². The van der Waals surface area contributed by atoms with Crippen LogP contribution in [0.4, 0.5) is 0 Å². The van der Waals surface area contributed by atoms with E-state index in [1.165, 1.54) is 0 Å². The van der Waals surface area contributed by atoms with Crippen molar-refractivity contribution < 1.29 is 19.0 Å². The predicted octanol–water partition coefficient (Wildman–Crippen LogP) is 0.591. The Kier molecular flexibility index (Phi) is 5.15. The topological polar surface area (TPSA) is 60.0 Å². The lowest BCUT2D eigenvalue weighted by Gasteiger charge is -2.41. The Morgan fingerprint density at radius 1 is 1.39 bits per heavy atom. The first-order valence-electron chi connectivity index (χ1n) is 8.07. The van der Waals surface area contributed by atoms with Crippen LogP contribution < -0.4 is 10.1 Å². The molecule has 0 radical (unpaired) electrons. The van der Waals surface area contributed by atoms with E-state index in [9.17, 15) is 4.79 Å². The molecule has 126 valence electrons. The van der Waals surface area contributed by atoms with E-state index >= 15 is 0 Å². The van der Waals surface area contributed by atoms with Gasteiger partial charge in [-0.2, -0.15) is 0 Å². The number of ether oxygens (including phenoxy) is 3. The molecule has 6 heteroatoms. The second kappa shape index (κ2) is 7.29. The van der Waals surface area contributed by atoms with Crippen LogP contribution in [0.15, 0.2) is 24.3 Å². The van der Waals surface area contributed by atoms with Crippen LogP contribution in [0, 0.1) is 6.92 Å². The number of hydrogen-bond donors (Lipinski definition) is 1. The fourth-order valence-electron chi connectivity index (χ4n) is 2.97. The predicted molar refractivity (Wildman–Crippen MR) is 85.6 cm³/mol. The molecule has 0 aliphatic carbocycles. The number of para-hydroxylation sites is 1. The van der Waals surface area contributed by atoms with E-state index in [-0.39, 0.29) is 12.5 Å². The van der Waals surface area contributed by atoms with Gasteiger partial charge in [-0.3, -0.25) is 4.79 Å². The van der Waals surface area contributed by atoms with Crippen LogP contribution in [0.1, 0.15) is 5.56 Å². The van der Waals surface area contributed by atoms with Crippen molar-refractivity contribution >= 4 is 5.91 Å². The molecule has 2 aliphatic rings. The van der Waals surface area contributed by atoms with Crippen LogP contribution in [-0.4, -0.2) is 69.0 Å². The standard InChI is InChI=1S/C17H24N2O4/c1-14-4-2-3-5-15(14)22-10-16(20)19-7-9-23-17(12-19)11-18-6-8-21-13-17/h2-5,18H,6-13H2,1H3/t17-/m1/s1. The SMILES string of the molecule is Cc1ccccc1OCC(=O)N1CCO[C@]2(CNCCOC2)C1. The lowest BCUT2D eigenvalue weighted by molar-refractivity contribution is -0.159. The summed E-state index contributed by atoms with van der Waals surface area (Å²) in [5.74, 6) is 0.739. The maximum Gasteiger partial charge on any atom is 0.260 e. The Labute approximate surface area is 136 Å². The molecular weight excluding hydrogens is 296 g/mol. The number of morpholine rings is 1. The summed E-state index contributed by atoms with van der Waals surface area (Å²) < 4.78 is 17.2. The van der Waals surface area contributed by atoms with E-state index in [4.69, 9.17) is 14.2 Å². The molecule has 23 heavy (non-hydrogen) atoms. The summed E-state index contributed by atoms with van der Waals surface area (Å²) in [5, 5.41) is 3.31. The Hall–Kier alpha value is -1.63. The molecule has 0 bridgehead atoms. The van der Waals surface area contributed by atoms with E-state index in [0.29, 0.717) is 39.5 Å². The van der Waals surface area contributed by atoms with Gasteiger partial charge in [-0.15, -0.1) is 0 Å². The second-order valence-electron chi connectivity index (χ2n) is 6.13. The van der Waals surface area contributed by atoms with Gasteiger partial charge in [0.2, 0.25) is 0 Å². The molecule has 2 aliphatic heterocycles. The summed E-state index contributed by atoms with van der Waals surface area (Å²) in [7, 11) is 0. The number of nitrogens with one attached hydrogen (secondary N) is 1. The van der Waals surface area contributed by atoms with Crippen LogP contribution in [0.5, 0.6) is 5.75 Å². The third kappa shape index (κ3) is 4.02. The van der Waals surface area contributed by atoms with E-state index < -0.39 is 5.60 Å². The first-order chi connectivity index (χ1) is 11.2. The molecule has 0 aromatic heterocycles. The number of nitrogens with zero attached hydrogens (tertiary/aromatic N) is 1. The molecule has 1 aromatic carbocycles. The van der Waals surface area contributed by atoms with Crippen molar-refractivity contribution in [3.63, 3.8) is 0 Å². The molecule has 1 aromatic rings. The Morgan fingerprint density at radius 2 is 2.26 bits per heavy atom. The zero-order chi connectivity index (χ0) is 16.1. The number of carbonyl (C=O) groups is 1. The molecule has 1 spiro atoms. The first-order valence-corrected chi connectivity index (χ1v) is 8.07. The molecular formula is C17H24N2O4. The largest absolute Gasteiger partial charge is 0.484 e.